The second-order valence-electron chi connectivity index (χ2n) is 11.7. The standard InChI is InChI=1S/C41H33N2P/c1-29-15-13-17-31(27-29)43-38-26-10-4-9-24-36(38)39-35-23-11-12-25-37(35)42-40(41(39)43)30-16-14-22-34(28-30)44(32-18-5-2-6-19-32)33-20-7-3-8-21-33/h2-14,16-25,27-29H,15,26H2,1H3. The Balaban J connectivity index is 1.44. The van der Waals surface area contributed by atoms with E-state index >= 15 is 0 Å². The minimum Gasteiger partial charge on any atom is -0.311 e. The molecule has 4 aromatic carbocycles. The van der Waals surface area contributed by atoms with Gasteiger partial charge in [-0.1, -0.05) is 140 Å². The Morgan fingerprint density at radius 3 is 2.23 bits per heavy atom. The molecular weight excluding hydrogens is 551 g/mol. The second-order valence-corrected chi connectivity index (χ2v) is 13.9. The number of para-hydroxylation sites is 1. The third-order valence-corrected chi connectivity index (χ3v) is 11.1. The molecule has 8 rings (SSSR count). The van der Waals surface area contributed by atoms with Crippen molar-refractivity contribution in [2.45, 2.75) is 19.8 Å². The van der Waals surface area contributed by atoms with Crippen LogP contribution < -0.4 is 15.9 Å². The number of hydrogen-bond acceptors (Lipinski definition) is 1. The van der Waals surface area contributed by atoms with Crippen molar-refractivity contribution in [1.82, 2.24) is 9.55 Å². The van der Waals surface area contributed by atoms with Gasteiger partial charge in [-0.15, -0.1) is 0 Å². The lowest BCUT2D eigenvalue weighted by atomic mass is 10.0. The van der Waals surface area contributed by atoms with Crippen molar-refractivity contribution in [2.75, 3.05) is 0 Å². The fourth-order valence-electron chi connectivity index (χ4n) is 6.73. The summed E-state index contributed by atoms with van der Waals surface area (Å²) in [7, 11) is -0.734. The minimum absolute atomic E-state index is 0.487. The fourth-order valence-corrected chi connectivity index (χ4v) is 9.07. The summed E-state index contributed by atoms with van der Waals surface area (Å²) in [6.07, 6.45) is 17.9. The van der Waals surface area contributed by atoms with Gasteiger partial charge in [0.25, 0.3) is 0 Å². The van der Waals surface area contributed by atoms with E-state index in [0.29, 0.717) is 5.92 Å². The van der Waals surface area contributed by atoms with E-state index in [0.717, 1.165) is 29.6 Å². The number of benzene rings is 4. The van der Waals surface area contributed by atoms with Crippen molar-refractivity contribution < 1.29 is 0 Å². The van der Waals surface area contributed by atoms with Crippen LogP contribution in [0.2, 0.25) is 0 Å². The molecule has 1 unspecified atom stereocenters. The predicted molar refractivity (Wildman–Crippen MR) is 190 cm³/mol. The van der Waals surface area contributed by atoms with Gasteiger partial charge >= 0.3 is 0 Å². The molecule has 0 amide bonds. The Morgan fingerprint density at radius 1 is 0.727 bits per heavy atom. The molecule has 0 N–H and O–H groups in total. The zero-order valence-electron chi connectivity index (χ0n) is 24.8. The normalized spacial score (nSPS) is 16.0. The average Bonchev–Trinajstić information content (AvgIpc) is 3.20. The van der Waals surface area contributed by atoms with Crippen molar-refractivity contribution in [1.29, 1.82) is 0 Å². The Morgan fingerprint density at radius 2 is 1.45 bits per heavy atom. The Labute approximate surface area is 260 Å². The lowest BCUT2D eigenvalue weighted by Gasteiger charge is -2.21. The summed E-state index contributed by atoms with van der Waals surface area (Å²) in [5, 5.41) is 6.51. The molecule has 0 bridgehead atoms. The summed E-state index contributed by atoms with van der Waals surface area (Å²) in [6.45, 7) is 2.31. The van der Waals surface area contributed by atoms with Gasteiger partial charge in [-0.05, 0) is 54.4 Å². The molecule has 0 radical (unpaired) electrons. The minimum atomic E-state index is -0.734. The van der Waals surface area contributed by atoms with E-state index in [2.05, 4.69) is 163 Å². The topological polar surface area (TPSA) is 17.8 Å². The highest BCUT2D eigenvalue weighted by Crippen LogP contribution is 2.42. The van der Waals surface area contributed by atoms with Crippen LogP contribution in [0.25, 0.3) is 44.8 Å². The zero-order valence-corrected chi connectivity index (χ0v) is 25.7. The van der Waals surface area contributed by atoms with Crippen LogP contribution in [0.15, 0.2) is 146 Å². The van der Waals surface area contributed by atoms with Gasteiger partial charge in [0.05, 0.1) is 16.7 Å². The Hall–Kier alpha value is -4.78. The second kappa shape index (κ2) is 11.4. The number of pyridine rings is 1. The molecule has 2 aromatic heterocycles. The first-order valence-corrected chi connectivity index (χ1v) is 16.8. The van der Waals surface area contributed by atoms with Gasteiger partial charge in [0.15, 0.2) is 0 Å². The lowest BCUT2D eigenvalue weighted by molar-refractivity contribution is 0.733. The van der Waals surface area contributed by atoms with Crippen LogP contribution in [0.3, 0.4) is 0 Å². The molecule has 0 aliphatic heterocycles. The van der Waals surface area contributed by atoms with E-state index in [4.69, 9.17) is 4.98 Å². The highest BCUT2D eigenvalue weighted by atomic mass is 31.1. The highest BCUT2D eigenvalue weighted by Gasteiger charge is 2.25. The summed E-state index contributed by atoms with van der Waals surface area (Å²) in [5.74, 6) is 0.487. The first-order chi connectivity index (χ1) is 21.8. The van der Waals surface area contributed by atoms with Crippen LogP contribution in [-0.2, 0) is 6.42 Å². The van der Waals surface area contributed by atoms with E-state index in [1.165, 1.54) is 49.2 Å². The summed E-state index contributed by atoms with van der Waals surface area (Å²) >= 11 is 0. The number of fused-ring (bicyclic) bond motifs is 5. The van der Waals surface area contributed by atoms with Crippen LogP contribution in [-0.4, -0.2) is 9.55 Å². The van der Waals surface area contributed by atoms with Gasteiger partial charge in [-0.25, -0.2) is 4.98 Å². The number of allylic oxidation sites excluding steroid dienone is 7. The van der Waals surface area contributed by atoms with E-state index in [-0.39, 0.29) is 0 Å². The van der Waals surface area contributed by atoms with Crippen LogP contribution in [0.5, 0.6) is 0 Å². The zero-order chi connectivity index (χ0) is 29.5. The molecule has 2 aliphatic carbocycles. The highest BCUT2D eigenvalue weighted by molar-refractivity contribution is 7.79. The quantitative estimate of drug-likeness (QED) is 0.185. The molecule has 0 saturated heterocycles. The molecule has 2 nitrogen and oxygen atoms in total. The van der Waals surface area contributed by atoms with Crippen LogP contribution in [0, 0.1) is 5.92 Å². The van der Waals surface area contributed by atoms with Crippen molar-refractivity contribution in [3.63, 3.8) is 0 Å². The van der Waals surface area contributed by atoms with Gasteiger partial charge in [-0.2, -0.15) is 0 Å². The predicted octanol–water partition coefficient (Wildman–Crippen LogP) is 9.18. The monoisotopic (exact) mass is 584 g/mol. The molecule has 0 spiro atoms. The molecule has 2 aliphatic rings. The molecule has 1 atom stereocenters. The Kier molecular flexibility index (Phi) is 6.93. The van der Waals surface area contributed by atoms with Gasteiger partial charge in [0, 0.05) is 39.7 Å². The summed E-state index contributed by atoms with van der Waals surface area (Å²) in [5.41, 5.74) is 8.27. The van der Waals surface area contributed by atoms with Gasteiger partial charge < -0.3 is 4.57 Å². The number of nitrogens with zero attached hydrogens (tertiary/aromatic N) is 2. The third kappa shape index (κ3) is 4.67. The largest absolute Gasteiger partial charge is 0.311 e. The Bertz CT molecular complexity index is 2090. The number of aromatic nitrogens is 2. The first kappa shape index (κ1) is 26.8. The van der Waals surface area contributed by atoms with E-state index in [1.807, 2.05) is 0 Å². The molecule has 6 aromatic rings. The van der Waals surface area contributed by atoms with Gasteiger partial charge in [-0.3, -0.25) is 0 Å². The van der Waals surface area contributed by atoms with Crippen molar-refractivity contribution in [2.24, 2.45) is 5.92 Å². The van der Waals surface area contributed by atoms with E-state index in [9.17, 15) is 0 Å². The number of rotatable bonds is 5. The van der Waals surface area contributed by atoms with Crippen molar-refractivity contribution >= 4 is 57.4 Å². The molecule has 0 saturated carbocycles. The molecule has 44 heavy (non-hydrogen) atoms. The maximum absolute atomic E-state index is 5.45. The summed E-state index contributed by atoms with van der Waals surface area (Å²) < 4.78 is 2.51. The van der Waals surface area contributed by atoms with Gasteiger partial charge in [0.2, 0.25) is 0 Å². The lowest BCUT2D eigenvalue weighted by Crippen LogP contribution is -2.20. The SMILES string of the molecule is CC1C=C(n2c3c(c4c5ccccc5nc(-c5cccc(P(c6ccccc6)c6ccccc6)c5)c42)C=CC=CC3)C=CC1. The van der Waals surface area contributed by atoms with E-state index < -0.39 is 7.92 Å². The smallest absolute Gasteiger partial charge is 0.0956 e. The van der Waals surface area contributed by atoms with Crippen LogP contribution in [0.1, 0.15) is 24.6 Å². The van der Waals surface area contributed by atoms with Crippen LogP contribution in [0.4, 0.5) is 0 Å². The van der Waals surface area contributed by atoms with Crippen LogP contribution >= 0.6 is 7.92 Å². The summed E-state index contributed by atoms with van der Waals surface area (Å²) in [4.78, 5) is 5.45. The third-order valence-electron chi connectivity index (χ3n) is 8.68. The fraction of sp³-hybridized carbons (Fsp3) is 0.0976. The average molecular weight is 585 g/mol. The summed E-state index contributed by atoms with van der Waals surface area (Å²) in [6, 6.07) is 39.7. The molecule has 3 heteroatoms. The van der Waals surface area contributed by atoms with E-state index in [1.54, 1.807) is 0 Å². The molecule has 212 valence electrons. The molecule has 2 heterocycles. The first-order valence-electron chi connectivity index (χ1n) is 15.4. The molecule has 0 fully saturated rings. The molecular formula is C41H33N2P. The maximum Gasteiger partial charge on any atom is 0.0956 e. The number of hydrogen-bond donors (Lipinski definition) is 0. The van der Waals surface area contributed by atoms with Crippen molar-refractivity contribution in [3.05, 3.63) is 157 Å². The van der Waals surface area contributed by atoms with Crippen molar-refractivity contribution in [3.8, 4) is 11.3 Å². The van der Waals surface area contributed by atoms with Gasteiger partial charge in [0.1, 0.15) is 0 Å². The maximum atomic E-state index is 5.45.